The Labute approximate surface area is 140 Å². The number of aromatic nitrogens is 2. The fourth-order valence-corrected chi connectivity index (χ4v) is 3.47. The summed E-state index contributed by atoms with van der Waals surface area (Å²) >= 11 is 1.41. The van der Waals surface area contributed by atoms with Gasteiger partial charge in [0.05, 0.1) is 29.0 Å². The number of carbonyl (C=O) groups is 1. The Morgan fingerprint density at radius 3 is 2.83 bits per heavy atom. The van der Waals surface area contributed by atoms with E-state index < -0.39 is 0 Å². The molecule has 1 aliphatic heterocycles. The van der Waals surface area contributed by atoms with E-state index in [1.165, 1.54) is 11.3 Å². The lowest BCUT2D eigenvalue weighted by Gasteiger charge is -2.31. The molecule has 0 spiro atoms. The molecule has 0 saturated carbocycles. The summed E-state index contributed by atoms with van der Waals surface area (Å²) in [6.07, 6.45) is 3.46. The van der Waals surface area contributed by atoms with Gasteiger partial charge in [-0.05, 0) is 26.1 Å². The number of pyridine rings is 1. The molecule has 3 heterocycles. The number of likely N-dealkylation sites (N-methyl/N-ethyl adjacent to an activating group) is 1. The van der Waals surface area contributed by atoms with Gasteiger partial charge in [0.1, 0.15) is 0 Å². The predicted octanol–water partition coefficient (Wildman–Crippen LogP) is 2.02. The van der Waals surface area contributed by atoms with Gasteiger partial charge in [0.2, 0.25) is 0 Å². The number of carbonyl (C=O) groups excluding carboxylic acids is 1. The summed E-state index contributed by atoms with van der Waals surface area (Å²) in [5.41, 5.74) is 1.67. The molecule has 0 atom stereocenters. The van der Waals surface area contributed by atoms with Crippen molar-refractivity contribution in [1.82, 2.24) is 19.8 Å². The Kier molecular flexibility index (Phi) is 5.00. The summed E-state index contributed by atoms with van der Waals surface area (Å²) in [6, 6.07) is 3.79. The molecule has 23 heavy (non-hydrogen) atoms. The van der Waals surface area contributed by atoms with E-state index >= 15 is 0 Å². The van der Waals surface area contributed by atoms with Crippen molar-refractivity contribution in [3.63, 3.8) is 0 Å². The SMILES string of the molecule is Cc1nc(Nc2cccnc2)sc1C(=O)CN1CCN(C)CC1. The second-order valence-corrected chi connectivity index (χ2v) is 6.80. The molecule has 0 unspecified atom stereocenters. The van der Waals surface area contributed by atoms with Crippen LogP contribution in [0.1, 0.15) is 15.4 Å². The van der Waals surface area contributed by atoms with Crippen LogP contribution in [0.2, 0.25) is 0 Å². The smallest absolute Gasteiger partial charge is 0.188 e. The van der Waals surface area contributed by atoms with E-state index in [1.54, 1.807) is 12.4 Å². The average molecular weight is 331 g/mol. The first kappa shape index (κ1) is 16.0. The highest BCUT2D eigenvalue weighted by Gasteiger charge is 2.21. The molecule has 0 bridgehead atoms. The minimum atomic E-state index is 0.156. The van der Waals surface area contributed by atoms with E-state index in [-0.39, 0.29) is 5.78 Å². The first-order valence-corrected chi connectivity index (χ1v) is 8.52. The summed E-state index contributed by atoms with van der Waals surface area (Å²) in [4.78, 5) is 26.3. The molecule has 1 N–H and O–H groups in total. The maximum absolute atomic E-state index is 12.6. The average Bonchev–Trinajstić information content (AvgIpc) is 2.91. The van der Waals surface area contributed by atoms with E-state index in [0.29, 0.717) is 6.54 Å². The second-order valence-electron chi connectivity index (χ2n) is 5.80. The van der Waals surface area contributed by atoms with Crippen LogP contribution in [0.4, 0.5) is 10.8 Å². The molecule has 2 aromatic rings. The monoisotopic (exact) mass is 331 g/mol. The molecular weight excluding hydrogens is 310 g/mol. The van der Waals surface area contributed by atoms with E-state index in [0.717, 1.165) is 47.6 Å². The molecule has 0 amide bonds. The molecule has 6 nitrogen and oxygen atoms in total. The van der Waals surface area contributed by atoms with E-state index in [4.69, 9.17) is 0 Å². The lowest BCUT2D eigenvalue weighted by atomic mass is 10.2. The Balaban J connectivity index is 1.64. The molecule has 0 aromatic carbocycles. The van der Waals surface area contributed by atoms with Crippen LogP contribution in [0.15, 0.2) is 24.5 Å². The highest BCUT2D eigenvalue weighted by molar-refractivity contribution is 7.17. The highest BCUT2D eigenvalue weighted by Crippen LogP contribution is 2.26. The normalized spacial score (nSPS) is 16.4. The number of hydrogen-bond donors (Lipinski definition) is 1. The van der Waals surface area contributed by atoms with Crippen LogP contribution in [-0.2, 0) is 0 Å². The molecule has 7 heteroatoms. The van der Waals surface area contributed by atoms with Gasteiger partial charge in [-0.3, -0.25) is 14.7 Å². The first-order chi connectivity index (χ1) is 11.1. The van der Waals surface area contributed by atoms with E-state index in [9.17, 15) is 4.79 Å². The van der Waals surface area contributed by atoms with Gasteiger partial charge in [0, 0.05) is 32.4 Å². The summed E-state index contributed by atoms with van der Waals surface area (Å²) in [5, 5.41) is 3.94. The van der Waals surface area contributed by atoms with Gasteiger partial charge in [0.25, 0.3) is 0 Å². The van der Waals surface area contributed by atoms with Crippen molar-refractivity contribution in [3.8, 4) is 0 Å². The summed E-state index contributed by atoms with van der Waals surface area (Å²) in [6.45, 7) is 6.29. The molecule has 1 aliphatic rings. The number of ketones is 1. The van der Waals surface area contributed by atoms with Gasteiger partial charge >= 0.3 is 0 Å². The van der Waals surface area contributed by atoms with Crippen LogP contribution in [0.5, 0.6) is 0 Å². The number of aryl methyl sites for hydroxylation is 1. The molecule has 2 aromatic heterocycles. The molecular formula is C16H21N5OS. The van der Waals surface area contributed by atoms with Gasteiger partial charge in [-0.1, -0.05) is 11.3 Å². The maximum Gasteiger partial charge on any atom is 0.188 e. The fourth-order valence-electron chi connectivity index (χ4n) is 2.55. The van der Waals surface area contributed by atoms with Crippen molar-refractivity contribution in [1.29, 1.82) is 0 Å². The lowest BCUT2D eigenvalue weighted by molar-refractivity contribution is 0.0879. The zero-order chi connectivity index (χ0) is 16.2. The molecule has 0 aliphatic carbocycles. The summed E-state index contributed by atoms with van der Waals surface area (Å²) in [5.74, 6) is 0.156. The maximum atomic E-state index is 12.6. The minimum absolute atomic E-state index is 0.156. The predicted molar refractivity (Wildman–Crippen MR) is 92.6 cm³/mol. The summed E-state index contributed by atoms with van der Waals surface area (Å²) in [7, 11) is 2.11. The van der Waals surface area contributed by atoms with Gasteiger partial charge < -0.3 is 10.2 Å². The first-order valence-electron chi connectivity index (χ1n) is 7.70. The number of nitrogens with zero attached hydrogens (tertiary/aromatic N) is 4. The molecule has 1 saturated heterocycles. The Morgan fingerprint density at radius 1 is 1.35 bits per heavy atom. The Morgan fingerprint density at radius 2 is 2.13 bits per heavy atom. The minimum Gasteiger partial charge on any atom is -0.330 e. The van der Waals surface area contributed by atoms with Crippen molar-refractivity contribution in [2.24, 2.45) is 0 Å². The third-order valence-electron chi connectivity index (χ3n) is 3.93. The highest BCUT2D eigenvalue weighted by atomic mass is 32.1. The van der Waals surface area contributed by atoms with Crippen LogP contribution >= 0.6 is 11.3 Å². The number of thiazole rings is 1. The number of anilines is 2. The van der Waals surface area contributed by atoms with Gasteiger partial charge in [0.15, 0.2) is 10.9 Å². The van der Waals surface area contributed by atoms with Crippen molar-refractivity contribution in [3.05, 3.63) is 35.1 Å². The fraction of sp³-hybridized carbons (Fsp3) is 0.438. The third kappa shape index (κ3) is 4.13. The lowest BCUT2D eigenvalue weighted by Crippen LogP contribution is -2.46. The summed E-state index contributed by atoms with van der Waals surface area (Å²) < 4.78 is 0. The number of nitrogens with one attached hydrogen (secondary N) is 1. The van der Waals surface area contributed by atoms with Gasteiger partial charge in [-0.15, -0.1) is 0 Å². The van der Waals surface area contributed by atoms with Crippen LogP contribution in [-0.4, -0.2) is 65.3 Å². The molecule has 0 radical (unpaired) electrons. The second kappa shape index (κ2) is 7.16. The number of piperazine rings is 1. The quantitative estimate of drug-likeness (QED) is 0.846. The largest absolute Gasteiger partial charge is 0.330 e. The third-order valence-corrected chi connectivity index (χ3v) is 5.04. The van der Waals surface area contributed by atoms with Gasteiger partial charge in [-0.2, -0.15) is 0 Å². The van der Waals surface area contributed by atoms with Crippen molar-refractivity contribution >= 4 is 27.9 Å². The standard InChI is InChI=1S/C16H21N5OS/c1-12-15(14(22)11-21-8-6-20(2)7-9-21)23-16(18-12)19-13-4-3-5-17-10-13/h3-5,10H,6-9,11H2,1-2H3,(H,18,19). The van der Waals surface area contributed by atoms with Crippen LogP contribution in [0.3, 0.4) is 0 Å². The topological polar surface area (TPSA) is 61.4 Å². The zero-order valence-corrected chi connectivity index (χ0v) is 14.3. The number of hydrogen-bond acceptors (Lipinski definition) is 7. The number of rotatable bonds is 5. The molecule has 3 rings (SSSR count). The Bertz CT molecular complexity index is 664. The molecule has 1 fully saturated rings. The van der Waals surface area contributed by atoms with Gasteiger partial charge in [-0.25, -0.2) is 4.98 Å². The zero-order valence-electron chi connectivity index (χ0n) is 13.5. The number of Topliss-reactive ketones (excluding diaryl/α,β-unsaturated/α-hetero) is 1. The van der Waals surface area contributed by atoms with Crippen LogP contribution in [0.25, 0.3) is 0 Å². The van der Waals surface area contributed by atoms with Crippen molar-refractivity contribution < 1.29 is 4.79 Å². The van der Waals surface area contributed by atoms with Crippen LogP contribution in [0, 0.1) is 6.92 Å². The Hall–Kier alpha value is -1.83. The van der Waals surface area contributed by atoms with E-state index in [2.05, 4.69) is 32.1 Å². The van der Waals surface area contributed by atoms with Crippen LogP contribution < -0.4 is 5.32 Å². The van der Waals surface area contributed by atoms with E-state index in [1.807, 2.05) is 19.1 Å². The van der Waals surface area contributed by atoms with Crippen molar-refractivity contribution in [2.75, 3.05) is 45.1 Å². The molecule has 122 valence electrons. The van der Waals surface area contributed by atoms with Crippen molar-refractivity contribution in [2.45, 2.75) is 6.92 Å².